The van der Waals surface area contributed by atoms with Gasteiger partial charge in [0.05, 0.1) is 12.4 Å². The van der Waals surface area contributed by atoms with Gasteiger partial charge in [-0.2, -0.15) is 0 Å². The van der Waals surface area contributed by atoms with E-state index in [1.165, 1.54) is 30.3 Å². The number of ether oxygens (including phenoxy) is 1. The highest BCUT2D eigenvalue weighted by Crippen LogP contribution is 2.14. The number of aliphatic imine (C=N–C) groups is 1. The van der Waals surface area contributed by atoms with Gasteiger partial charge in [-0.15, -0.1) is 0 Å². The largest absolute Gasteiger partial charge is 0.494 e. The van der Waals surface area contributed by atoms with Crippen molar-refractivity contribution in [1.82, 2.24) is 10.6 Å². The standard InChI is InChI=1S/C20H25F2N3O3S/c1-23-20(24-10-3-11-28-19-8-6-17(21)7-9-19)25-13-16-12-18(22)5-4-15(16)14-29(2,26)27/h4-9,12H,3,10-11,13-14H2,1-2H3,(H2,23,24,25). The number of hydrogen-bond acceptors (Lipinski definition) is 4. The van der Waals surface area contributed by atoms with E-state index in [0.717, 1.165) is 6.26 Å². The van der Waals surface area contributed by atoms with Gasteiger partial charge < -0.3 is 15.4 Å². The number of benzene rings is 2. The second kappa shape index (κ2) is 10.8. The van der Waals surface area contributed by atoms with Gasteiger partial charge in [-0.05, 0) is 53.9 Å². The fourth-order valence-corrected chi connectivity index (χ4v) is 3.43. The fourth-order valence-electron chi connectivity index (χ4n) is 2.58. The molecule has 0 unspecified atom stereocenters. The molecule has 6 nitrogen and oxygen atoms in total. The average molecular weight is 426 g/mol. The van der Waals surface area contributed by atoms with Crippen LogP contribution in [0.1, 0.15) is 17.5 Å². The molecule has 0 aromatic heterocycles. The van der Waals surface area contributed by atoms with Crippen molar-refractivity contribution in [3.63, 3.8) is 0 Å². The number of nitrogens with zero attached hydrogens (tertiary/aromatic N) is 1. The van der Waals surface area contributed by atoms with Gasteiger partial charge in [-0.3, -0.25) is 4.99 Å². The summed E-state index contributed by atoms with van der Waals surface area (Å²) in [7, 11) is -1.63. The SMILES string of the molecule is CN=C(NCCCOc1ccc(F)cc1)NCc1cc(F)ccc1CS(C)(=O)=O. The Morgan fingerprint density at radius 2 is 1.72 bits per heavy atom. The van der Waals surface area contributed by atoms with Crippen LogP contribution in [0.5, 0.6) is 5.75 Å². The van der Waals surface area contributed by atoms with E-state index >= 15 is 0 Å². The number of guanidine groups is 1. The van der Waals surface area contributed by atoms with Crippen LogP contribution in [-0.2, 0) is 22.1 Å². The lowest BCUT2D eigenvalue weighted by Crippen LogP contribution is -2.37. The Morgan fingerprint density at radius 1 is 1.03 bits per heavy atom. The highest BCUT2D eigenvalue weighted by molar-refractivity contribution is 7.89. The van der Waals surface area contributed by atoms with E-state index in [2.05, 4.69) is 15.6 Å². The lowest BCUT2D eigenvalue weighted by molar-refractivity contribution is 0.310. The Morgan fingerprint density at radius 3 is 2.38 bits per heavy atom. The predicted molar refractivity (Wildman–Crippen MR) is 110 cm³/mol. The molecule has 0 amide bonds. The van der Waals surface area contributed by atoms with Crippen molar-refractivity contribution >= 4 is 15.8 Å². The third-order valence-electron chi connectivity index (χ3n) is 3.95. The summed E-state index contributed by atoms with van der Waals surface area (Å²) >= 11 is 0. The topological polar surface area (TPSA) is 79.8 Å². The van der Waals surface area contributed by atoms with Crippen LogP contribution in [0, 0.1) is 11.6 Å². The van der Waals surface area contributed by atoms with E-state index in [4.69, 9.17) is 4.74 Å². The molecule has 2 aromatic rings. The third-order valence-corrected chi connectivity index (χ3v) is 4.79. The van der Waals surface area contributed by atoms with Gasteiger partial charge in [-0.25, -0.2) is 17.2 Å². The van der Waals surface area contributed by atoms with E-state index < -0.39 is 15.7 Å². The molecule has 0 spiro atoms. The first-order valence-corrected chi connectivity index (χ1v) is 11.1. The minimum Gasteiger partial charge on any atom is -0.494 e. The first-order chi connectivity index (χ1) is 13.8. The van der Waals surface area contributed by atoms with Gasteiger partial charge in [0, 0.05) is 26.4 Å². The molecule has 9 heteroatoms. The molecule has 29 heavy (non-hydrogen) atoms. The van der Waals surface area contributed by atoms with Gasteiger partial charge in [0.25, 0.3) is 0 Å². The summed E-state index contributed by atoms with van der Waals surface area (Å²) in [5.41, 5.74) is 1.10. The Kier molecular flexibility index (Phi) is 8.38. The Labute approximate surface area is 169 Å². The van der Waals surface area contributed by atoms with Crippen LogP contribution in [0.25, 0.3) is 0 Å². The van der Waals surface area contributed by atoms with E-state index in [0.29, 0.717) is 42.4 Å². The molecule has 0 aliphatic rings. The monoisotopic (exact) mass is 425 g/mol. The maximum atomic E-state index is 13.6. The van der Waals surface area contributed by atoms with Crippen LogP contribution in [0.15, 0.2) is 47.5 Å². The third kappa shape index (κ3) is 8.47. The smallest absolute Gasteiger partial charge is 0.191 e. The maximum absolute atomic E-state index is 13.6. The molecule has 0 bridgehead atoms. The molecular formula is C20H25F2N3O3S. The number of rotatable bonds is 9. The minimum absolute atomic E-state index is 0.156. The molecule has 0 aliphatic carbocycles. The molecule has 2 N–H and O–H groups in total. The lowest BCUT2D eigenvalue weighted by atomic mass is 10.1. The highest BCUT2D eigenvalue weighted by atomic mass is 32.2. The average Bonchev–Trinajstić information content (AvgIpc) is 2.66. The maximum Gasteiger partial charge on any atom is 0.191 e. The van der Waals surface area contributed by atoms with Crippen molar-refractivity contribution in [2.24, 2.45) is 4.99 Å². The van der Waals surface area contributed by atoms with Crippen molar-refractivity contribution < 1.29 is 21.9 Å². The summed E-state index contributed by atoms with van der Waals surface area (Å²) < 4.78 is 55.1. The zero-order valence-corrected chi connectivity index (χ0v) is 17.2. The zero-order valence-electron chi connectivity index (χ0n) is 16.4. The summed E-state index contributed by atoms with van der Waals surface area (Å²) in [6.07, 6.45) is 1.82. The number of sulfone groups is 1. The molecular weight excluding hydrogens is 400 g/mol. The van der Waals surface area contributed by atoms with E-state index in [9.17, 15) is 17.2 Å². The van der Waals surface area contributed by atoms with Crippen molar-refractivity contribution in [1.29, 1.82) is 0 Å². The molecule has 2 aromatic carbocycles. The van der Waals surface area contributed by atoms with Crippen LogP contribution >= 0.6 is 0 Å². The van der Waals surface area contributed by atoms with Gasteiger partial charge in [0.15, 0.2) is 15.8 Å². The summed E-state index contributed by atoms with van der Waals surface area (Å²) in [5.74, 6) is 0.198. The minimum atomic E-state index is -3.23. The Balaban J connectivity index is 1.80. The van der Waals surface area contributed by atoms with Crippen molar-refractivity contribution in [2.75, 3.05) is 26.5 Å². The number of halogens is 2. The van der Waals surface area contributed by atoms with Crippen LogP contribution in [0.2, 0.25) is 0 Å². The Hall–Kier alpha value is -2.68. The molecule has 0 fully saturated rings. The normalized spacial score (nSPS) is 11.9. The van der Waals surface area contributed by atoms with Gasteiger partial charge >= 0.3 is 0 Å². The van der Waals surface area contributed by atoms with Gasteiger partial charge in [0.2, 0.25) is 0 Å². The summed E-state index contributed by atoms with van der Waals surface area (Å²) in [6.45, 7) is 1.24. The Bertz CT molecular complexity index is 932. The summed E-state index contributed by atoms with van der Waals surface area (Å²) in [4.78, 5) is 4.10. The first-order valence-electron chi connectivity index (χ1n) is 9.05. The zero-order chi connectivity index (χ0) is 21.3. The second-order valence-electron chi connectivity index (χ2n) is 6.49. The lowest BCUT2D eigenvalue weighted by Gasteiger charge is -2.14. The summed E-state index contributed by atoms with van der Waals surface area (Å²) in [5, 5.41) is 6.15. The molecule has 0 saturated carbocycles. The number of hydrogen-bond donors (Lipinski definition) is 2. The highest BCUT2D eigenvalue weighted by Gasteiger charge is 2.11. The molecule has 0 heterocycles. The van der Waals surface area contributed by atoms with Crippen LogP contribution in [0.4, 0.5) is 8.78 Å². The molecule has 0 saturated heterocycles. The van der Waals surface area contributed by atoms with Crippen molar-refractivity contribution in [3.8, 4) is 5.75 Å². The molecule has 0 radical (unpaired) electrons. The van der Waals surface area contributed by atoms with E-state index in [1.807, 2.05) is 0 Å². The molecule has 158 valence electrons. The van der Waals surface area contributed by atoms with Gasteiger partial charge in [0.1, 0.15) is 17.4 Å². The predicted octanol–water partition coefficient (Wildman–Crippen LogP) is 2.64. The number of nitrogens with one attached hydrogen (secondary N) is 2. The van der Waals surface area contributed by atoms with E-state index in [1.54, 1.807) is 19.2 Å². The quantitative estimate of drug-likeness (QED) is 0.367. The molecule has 2 rings (SSSR count). The summed E-state index contributed by atoms with van der Waals surface area (Å²) in [6, 6.07) is 9.85. The van der Waals surface area contributed by atoms with E-state index in [-0.39, 0.29) is 18.1 Å². The van der Waals surface area contributed by atoms with Crippen LogP contribution < -0.4 is 15.4 Å². The van der Waals surface area contributed by atoms with Crippen LogP contribution in [0.3, 0.4) is 0 Å². The molecule has 0 atom stereocenters. The molecule has 0 aliphatic heterocycles. The first kappa shape index (κ1) is 22.6. The fraction of sp³-hybridized carbons (Fsp3) is 0.350. The van der Waals surface area contributed by atoms with Crippen molar-refractivity contribution in [3.05, 3.63) is 65.2 Å². The van der Waals surface area contributed by atoms with Crippen LogP contribution in [-0.4, -0.2) is 40.8 Å². The van der Waals surface area contributed by atoms with Crippen molar-refractivity contribution in [2.45, 2.75) is 18.7 Å². The second-order valence-corrected chi connectivity index (χ2v) is 8.63. The van der Waals surface area contributed by atoms with Gasteiger partial charge in [-0.1, -0.05) is 6.07 Å².